The first-order valence-electron chi connectivity index (χ1n) is 6.40. The van der Waals surface area contributed by atoms with Crippen LogP contribution in [0.4, 0.5) is 10.5 Å². The standard InChI is InChI=1S/C14H19N3O/c1-11(12-5-2-3-6-12)9-16-14(18)17-13-7-4-8-15-10-13/h4,7-10,12H,2-3,5-6H2,1H3,(H2,16,17,18)/b11-9+. The van der Waals surface area contributed by atoms with Crippen molar-refractivity contribution in [3.8, 4) is 0 Å². The van der Waals surface area contributed by atoms with Crippen molar-refractivity contribution in [1.29, 1.82) is 0 Å². The number of carbonyl (C=O) groups is 1. The van der Waals surface area contributed by atoms with Crippen molar-refractivity contribution in [2.45, 2.75) is 32.6 Å². The quantitative estimate of drug-likeness (QED) is 0.858. The third-order valence-electron chi connectivity index (χ3n) is 3.35. The van der Waals surface area contributed by atoms with E-state index < -0.39 is 0 Å². The lowest BCUT2D eigenvalue weighted by molar-refractivity contribution is 0.255. The molecular weight excluding hydrogens is 226 g/mol. The molecular formula is C14H19N3O. The number of aromatic nitrogens is 1. The highest BCUT2D eigenvalue weighted by Gasteiger charge is 2.16. The highest BCUT2D eigenvalue weighted by atomic mass is 16.2. The average molecular weight is 245 g/mol. The number of nitrogens with zero attached hydrogens (tertiary/aromatic N) is 1. The van der Waals surface area contributed by atoms with E-state index in [-0.39, 0.29) is 6.03 Å². The summed E-state index contributed by atoms with van der Waals surface area (Å²) in [7, 11) is 0. The summed E-state index contributed by atoms with van der Waals surface area (Å²) in [6.45, 7) is 2.08. The van der Waals surface area contributed by atoms with Crippen LogP contribution in [0.5, 0.6) is 0 Å². The number of allylic oxidation sites excluding steroid dienone is 1. The average Bonchev–Trinajstić information content (AvgIpc) is 2.91. The van der Waals surface area contributed by atoms with Crippen LogP contribution in [0.1, 0.15) is 32.6 Å². The van der Waals surface area contributed by atoms with Gasteiger partial charge in [0.2, 0.25) is 0 Å². The van der Waals surface area contributed by atoms with Gasteiger partial charge < -0.3 is 10.6 Å². The van der Waals surface area contributed by atoms with E-state index in [1.807, 2.05) is 6.20 Å². The van der Waals surface area contributed by atoms with E-state index in [1.54, 1.807) is 24.5 Å². The molecule has 96 valence electrons. The smallest absolute Gasteiger partial charge is 0.314 e. The predicted octanol–water partition coefficient (Wildman–Crippen LogP) is 3.30. The normalized spacial score (nSPS) is 16.6. The molecule has 1 aliphatic rings. The van der Waals surface area contributed by atoms with E-state index in [9.17, 15) is 4.79 Å². The molecule has 1 heterocycles. The molecule has 4 nitrogen and oxygen atoms in total. The molecule has 0 spiro atoms. The number of carbonyl (C=O) groups excluding carboxylic acids is 1. The Morgan fingerprint density at radius 2 is 2.22 bits per heavy atom. The first-order chi connectivity index (χ1) is 8.75. The van der Waals surface area contributed by atoms with Gasteiger partial charge in [-0.05, 0) is 37.8 Å². The Kier molecular flexibility index (Phi) is 4.34. The van der Waals surface area contributed by atoms with Crippen molar-refractivity contribution in [3.05, 3.63) is 36.3 Å². The number of urea groups is 1. The number of amides is 2. The summed E-state index contributed by atoms with van der Waals surface area (Å²) in [5.41, 5.74) is 1.95. The SMILES string of the molecule is C/C(=C\NC(=O)Nc1cccnc1)C1CCCC1. The van der Waals surface area contributed by atoms with Gasteiger partial charge in [-0.15, -0.1) is 0 Å². The molecule has 0 radical (unpaired) electrons. The Morgan fingerprint density at radius 3 is 2.89 bits per heavy atom. The Morgan fingerprint density at radius 1 is 1.44 bits per heavy atom. The first kappa shape index (κ1) is 12.6. The van der Waals surface area contributed by atoms with Crippen LogP contribution >= 0.6 is 0 Å². The molecule has 0 aliphatic heterocycles. The molecule has 1 aliphatic carbocycles. The van der Waals surface area contributed by atoms with E-state index in [0.29, 0.717) is 11.6 Å². The lowest BCUT2D eigenvalue weighted by atomic mass is 10.0. The van der Waals surface area contributed by atoms with Gasteiger partial charge in [-0.25, -0.2) is 4.79 Å². The number of rotatable bonds is 3. The van der Waals surface area contributed by atoms with Crippen LogP contribution in [0.15, 0.2) is 36.3 Å². The van der Waals surface area contributed by atoms with Gasteiger partial charge in [-0.3, -0.25) is 4.98 Å². The molecule has 1 fully saturated rings. The Hall–Kier alpha value is -1.84. The van der Waals surface area contributed by atoms with Gasteiger partial charge in [0.1, 0.15) is 0 Å². The van der Waals surface area contributed by atoms with E-state index in [1.165, 1.54) is 31.3 Å². The second kappa shape index (κ2) is 6.19. The summed E-state index contributed by atoms with van der Waals surface area (Å²) in [6.07, 6.45) is 10.2. The summed E-state index contributed by atoms with van der Waals surface area (Å²) in [5.74, 6) is 0.642. The number of hydrogen-bond acceptors (Lipinski definition) is 2. The summed E-state index contributed by atoms with van der Waals surface area (Å²) < 4.78 is 0. The topological polar surface area (TPSA) is 54.0 Å². The van der Waals surface area contributed by atoms with Crippen LogP contribution in [0, 0.1) is 5.92 Å². The Bertz CT molecular complexity index is 422. The highest BCUT2D eigenvalue weighted by Crippen LogP contribution is 2.30. The van der Waals surface area contributed by atoms with Gasteiger partial charge in [-0.2, -0.15) is 0 Å². The van der Waals surface area contributed by atoms with E-state index in [0.717, 1.165) is 0 Å². The number of anilines is 1. The molecule has 0 unspecified atom stereocenters. The highest BCUT2D eigenvalue weighted by molar-refractivity contribution is 5.89. The van der Waals surface area contributed by atoms with Crippen molar-refractivity contribution >= 4 is 11.7 Å². The maximum Gasteiger partial charge on any atom is 0.323 e. The van der Waals surface area contributed by atoms with E-state index >= 15 is 0 Å². The molecule has 0 aromatic carbocycles. The monoisotopic (exact) mass is 245 g/mol. The fraction of sp³-hybridized carbons (Fsp3) is 0.429. The zero-order valence-electron chi connectivity index (χ0n) is 10.6. The minimum absolute atomic E-state index is 0.222. The molecule has 18 heavy (non-hydrogen) atoms. The van der Waals surface area contributed by atoms with Crippen molar-refractivity contribution in [2.24, 2.45) is 5.92 Å². The second-order valence-electron chi connectivity index (χ2n) is 4.71. The van der Waals surface area contributed by atoms with Gasteiger partial charge in [0, 0.05) is 12.4 Å². The van der Waals surface area contributed by atoms with E-state index in [2.05, 4.69) is 22.5 Å². The summed E-state index contributed by atoms with van der Waals surface area (Å²) in [4.78, 5) is 15.6. The zero-order valence-corrected chi connectivity index (χ0v) is 10.6. The summed E-state index contributed by atoms with van der Waals surface area (Å²) >= 11 is 0. The van der Waals surface area contributed by atoms with Gasteiger partial charge in [0.15, 0.2) is 0 Å². The van der Waals surface area contributed by atoms with Crippen LogP contribution in [-0.4, -0.2) is 11.0 Å². The van der Waals surface area contributed by atoms with Crippen LogP contribution in [0.25, 0.3) is 0 Å². The van der Waals surface area contributed by atoms with Crippen molar-refractivity contribution < 1.29 is 4.79 Å². The first-order valence-corrected chi connectivity index (χ1v) is 6.40. The number of pyridine rings is 1. The lowest BCUT2D eigenvalue weighted by Crippen LogP contribution is -2.24. The van der Waals surface area contributed by atoms with Crippen LogP contribution in [-0.2, 0) is 0 Å². The predicted molar refractivity (Wildman–Crippen MR) is 72.1 cm³/mol. The minimum Gasteiger partial charge on any atom is -0.314 e. The van der Waals surface area contributed by atoms with Gasteiger partial charge >= 0.3 is 6.03 Å². The molecule has 2 amide bonds. The minimum atomic E-state index is -0.222. The van der Waals surface area contributed by atoms with Gasteiger partial charge in [-0.1, -0.05) is 18.4 Å². The van der Waals surface area contributed by atoms with Crippen LogP contribution < -0.4 is 10.6 Å². The third kappa shape index (κ3) is 3.58. The van der Waals surface area contributed by atoms with Crippen LogP contribution in [0.3, 0.4) is 0 Å². The molecule has 1 aromatic heterocycles. The molecule has 0 bridgehead atoms. The van der Waals surface area contributed by atoms with Gasteiger partial charge in [0.05, 0.1) is 11.9 Å². The largest absolute Gasteiger partial charge is 0.323 e. The van der Waals surface area contributed by atoms with Crippen molar-refractivity contribution in [1.82, 2.24) is 10.3 Å². The molecule has 2 N–H and O–H groups in total. The molecule has 2 rings (SSSR count). The zero-order chi connectivity index (χ0) is 12.8. The molecule has 1 aromatic rings. The van der Waals surface area contributed by atoms with Crippen LogP contribution in [0.2, 0.25) is 0 Å². The summed E-state index contributed by atoms with van der Waals surface area (Å²) in [5, 5.41) is 5.50. The molecule has 4 heteroatoms. The maximum absolute atomic E-state index is 11.6. The Balaban J connectivity index is 1.82. The van der Waals surface area contributed by atoms with E-state index in [4.69, 9.17) is 0 Å². The number of hydrogen-bond donors (Lipinski definition) is 2. The van der Waals surface area contributed by atoms with Gasteiger partial charge in [0.25, 0.3) is 0 Å². The molecule has 0 saturated heterocycles. The van der Waals surface area contributed by atoms with Crippen molar-refractivity contribution in [3.63, 3.8) is 0 Å². The fourth-order valence-corrected chi connectivity index (χ4v) is 2.28. The third-order valence-corrected chi connectivity index (χ3v) is 3.35. The maximum atomic E-state index is 11.6. The molecule has 0 atom stereocenters. The molecule has 1 saturated carbocycles. The number of nitrogens with one attached hydrogen (secondary N) is 2. The lowest BCUT2D eigenvalue weighted by Gasteiger charge is -2.10. The second-order valence-corrected chi connectivity index (χ2v) is 4.71. The van der Waals surface area contributed by atoms with Crippen molar-refractivity contribution in [2.75, 3.05) is 5.32 Å². The summed E-state index contributed by atoms with van der Waals surface area (Å²) in [6, 6.07) is 3.37. The Labute approximate surface area is 108 Å². The fourth-order valence-electron chi connectivity index (χ4n) is 2.28.